The fraction of sp³-hybridized carbons (Fsp3) is 0.318. The summed E-state index contributed by atoms with van der Waals surface area (Å²) in [5, 5.41) is 3.03. The first-order valence-electron chi connectivity index (χ1n) is 9.46. The third-order valence-corrected chi connectivity index (χ3v) is 5.12. The molecular weight excluding hydrogens is 408 g/mol. The van der Waals surface area contributed by atoms with Gasteiger partial charge in [0.25, 0.3) is 5.91 Å². The number of esters is 1. The van der Waals surface area contributed by atoms with Crippen LogP contribution in [0.4, 0.5) is 11.4 Å². The van der Waals surface area contributed by atoms with Crippen LogP contribution in [0.5, 0.6) is 5.75 Å². The Hall–Kier alpha value is -3.06. The van der Waals surface area contributed by atoms with Gasteiger partial charge in [-0.3, -0.25) is 14.4 Å². The summed E-state index contributed by atoms with van der Waals surface area (Å²) in [7, 11) is 1.47. The molecule has 8 heteroatoms. The molecule has 7 nitrogen and oxygen atoms in total. The minimum absolute atomic E-state index is 0.0515. The maximum absolute atomic E-state index is 12.4. The van der Waals surface area contributed by atoms with Crippen LogP contribution >= 0.6 is 11.6 Å². The molecule has 3 rings (SSSR count). The molecule has 1 aliphatic heterocycles. The van der Waals surface area contributed by atoms with Gasteiger partial charge in [0.2, 0.25) is 5.91 Å². The second kappa shape index (κ2) is 9.17. The molecule has 0 aliphatic carbocycles. The van der Waals surface area contributed by atoms with Gasteiger partial charge in [-0.2, -0.15) is 0 Å². The zero-order valence-electron chi connectivity index (χ0n) is 17.0. The Balaban J connectivity index is 1.57. The molecular formula is C22H23ClN2O5. The third kappa shape index (κ3) is 4.91. The van der Waals surface area contributed by atoms with Crippen molar-refractivity contribution in [2.45, 2.75) is 20.3 Å². The van der Waals surface area contributed by atoms with E-state index in [4.69, 9.17) is 21.1 Å². The maximum Gasteiger partial charge on any atom is 0.311 e. The van der Waals surface area contributed by atoms with E-state index in [1.807, 2.05) is 32.0 Å². The van der Waals surface area contributed by atoms with Gasteiger partial charge in [-0.05, 0) is 43.7 Å². The number of methoxy groups -OCH3 is 1. The van der Waals surface area contributed by atoms with Crippen LogP contribution in [0.3, 0.4) is 0 Å². The third-order valence-electron chi connectivity index (χ3n) is 4.88. The highest BCUT2D eigenvalue weighted by molar-refractivity contribution is 6.31. The predicted octanol–water partition coefficient (Wildman–Crippen LogP) is 3.50. The number of nitrogens with one attached hydrogen (secondary N) is 1. The summed E-state index contributed by atoms with van der Waals surface area (Å²) in [6.07, 6.45) is 0.0515. The Morgan fingerprint density at radius 2 is 1.97 bits per heavy atom. The Bertz CT molecular complexity index is 991. The van der Waals surface area contributed by atoms with Crippen LogP contribution in [0.1, 0.15) is 17.5 Å². The summed E-state index contributed by atoms with van der Waals surface area (Å²) in [6.45, 7) is 3.66. The predicted molar refractivity (Wildman–Crippen MR) is 114 cm³/mol. The summed E-state index contributed by atoms with van der Waals surface area (Å²) >= 11 is 5.94. The highest BCUT2D eigenvalue weighted by Crippen LogP contribution is 2.29. The number of anilines is 2. The van der Waals surface area contributed by atoms with E-state index >= 15 is 0 Å². The summed E-state index contributed by atoms with van der Waals surface area (Å²) < 4.78 is 10.3. The topological polar surface area (TPSA) is 84.9 Å². The normalized spacial score (nSPS) is 15.8. The molecule has 1 atom stereocenters. The molecule has 1 saturated heterocycles. The van der Waals surface area contributed by atoms with Crippen molar-refractivity contribution in [1.82, 2.24) is 0 Å². The lowest BCUT2D eigenvalue weighted by Gasteiger charge is -2.19. The van der Waals surface area contributed by atoms with Crippen molar-refractivity contribution in [3.05, 3.63) is 52.5 Å². The molecule has 30 heavy (non-hydrogen) atoms. The zero-order chi connectivity index (χ0) is 21.8. The number of rotatable bonds is 6. The van der Waals surface area contributed by atoms with Gasteiger partial charge in [-0.15, -0.1) is 0 Å². The minimum Gasteiger partial charge on any atom is -0.495 e. The number of aryl methyl sites for hydroxylation is 2. The van der Waals surface area contributed by atoms with Gasteiger partial charge in [-0.1, -0.05) is 29.3 Å². The van der Waals surface area contributed by atoms with E-state index in [0.717, 1.165) is 16.8 Å². The average molecular weight is 431 g/mol. The SMILES string of the molecule is COc1ccc(Cl)cc1NC(=O)COC(=O)[C@H]1CC(=O)N(c2ccc(C)cc2C)C1. The number of carbonyl (C=O) groups excluding carboxylic acids is 3. The van der Waals surface area contributed by atoms with E-state index in [2.05, 4.69) is 5.32 Å². The van der Waals surface area contributed by atoms with Crippen LogP contribution in [-0.4, -0.2) is 38.0 Å². The summed E-state index contributed by atoms with van der Waals surface area (Å²) in [6, 6.07) is 10.6. The number of nitrogens with zero attached hydrogens (tertiary/aromatic N) is 1. The van der Waals surface area contributed by atoms with Crippen LogP contribution in [0.25, 0.3) is 0 Å². The smallest absolute Gasteiger partial charge is 0.311 e. The Morgan fingerprint density at radius 3 is 2.67 bits per heavy atom. The second-order valence-corrected chi connectivity index (χ2v) is 7.63. The summed E-state index contributed by atoms with van der Waals surface area (Å²) in [5.41, 5.74) is 3.23. The number of hydrogen-bond donors (Lipinski definition) is 1. The van der Waals surface area contributed by atoms with Crippen molar-refractivity contribution in [3.8, 4) is 5.75 Å². The van der Waals surface area contributed by atoms with Gasteiger partial charge in [-0.25, -0.2) is 0 Å². The fourth-order valence-electron chi connectivity index (χ4n) is 3.43. The number of halogens is 1. The Labute approximate surface area is 179 Å². The molecule has 2 amide bonds. The molecule has 158 valence electrons. The van der Waals surface area contributed by atoms with Gasteiger partial charge in [0, 0.05) is 23.7 Å². The van der Waals surface area contributed by atoms with Crippen LogP contribution in [0.15, 0.2) is 36.4 Å². The van der Waals surface area contributed by atoms with E-state index in [1.54, 1.807) is 17.0 Å². The lowest BCUT2D eigenvalue weighted by Crippen LogP contribution is -2.28. The van der Waals surface area contributed by atoms with Crippen LogP contribution in [-0.2, 0) is 19.1 Å². The molecule has 1 N–H and O–H groups in total. The number of carbonyl (C=O) groups is 3. The van der Waals surface area contributed by atoms with E-state index in [1.165, 1.54) is 13.2 Å². The Kier molecular flexibility index (Phi) is 6.62. The van der Waals surface area contributed by atoms with Gasteiger partial charge in [0.15, 0.2) is 6.61 Å². The molecule has 1 aliphatic rings. The van der Waals surface area contributed by atoms with E-state index in [9.17, 15) is 14.4 Å². The number of ether oxygens (including phenoxy) is 2. The van der Waals surface area contributed by atoms with Crippen molar-refractivity contribution >= 4 is 40.8 Å². The van der Waals surface area contributed by atoms with Gasteiger partial charge < -0.3 is 19.7 Å². The average Bonchev–Trinajstić information content (AvgIpc) is 3.08. The molecule has 0 aromatic heterocycles. The van der Waals surface area contributed by atoms with E-state index in [0.29, 0.717) is 16.5 Å². The minimum atomic E-state index is -0.619. The molecule has 2 aromatic rings. The first-order valence-corrected chi connectivity index (χ1v) is 9.84. The summed E-state index contributed by atoms with van der Waals surface area (Å²) in [5.74, 6) is -1.43. The number of hydrogen-bond acceptors (Lipinski definition) is 5. The largest absolute Gasteiger partial charge is 0.495 e. The Morgan fingerprint density at radius 1 is 1.20 bits per heavy atom. The van der Waals surface area contributed by atoms with Crippen LogP contribution in [0, 0.1) is 19.8 Å². The second-order valence-electron chi connectivity index (χ2n) is 7.20. The van der Waals surface area contributed by atoms with Crippen molar-refractivity contribution in [1.29, 1.82) is 0 Å². The van der Waals surface area contributed by atoms with Crippen LogP contribution in [0.2, 0.25) is 5.02 Å². The highest BCUT2D eigenvalue weighted by Gasteiger charge is 2.36. The first-order chi connectivity index (χ1) is 14.3. The van der Waals surface area contributed by atoms with Gasteiger partial charge >= 0.3 is 5.97 Å². The number of amides is 2. The molecule has 1 heterocycles. The standard InChI is InChI=1S/C22H23ClN2O5/c1-13-4-6-18(14(2)8-13)25-11-15(9-21(25)27)22(28)30-12-20(26)24-17-10-16(23)5-7-19(17)29-3/h4-8,10,15H,9,11-12H2,1-3H3,(H,24,26)/t15-/m0/s1. The lowest BCUT2D eigenvalue weighted by molar-refractivity contribution is -0.151. The van der Waals surface area contributed by atoms with E-state index < -0.39 is 24.4 Å². The van der Waals surface area contributed by atoms with Crippen LogP contribution < -0.4 is 15.0 Å². The number of benzene rings is 2. The monoisotopic (exact) mass is 430 g/mol. The van der Waals surface area contributed by atoms with Crippen molar-refractivity contribution in [3.63, 3.8) is 0 Å². The van der Waals surface area contributed by atoms with Gasteiger partial charge in [0.1, 0.15) is 5.75 Å². The van der Waals surface area contributed by atoms with E-state index in [-0.39, 0.29) is 18.9 Å². The first kappa shape index (κ1) is 21.6. The molecule has 0 saturated carbocycles. The van der Waals surface area contributed by atoms with Crippen molar-refractivity contribution in [2.75, 3.05) is 30.5 Å². The molecule has 0 radical (unpaired) electrons. The maximum atomic E-state index is 12.4. The molecule has 0 spiro atoms. The summed E-state index contributed by atoms with van der Waals surface area (Å²) in [4.78, 5) is 38.6. The lowest BCUT2D eigenvalue weighted by atomic mass is 10.1. The zero-order valence-corrected chi connectivity index (χ0v) is 17.8. The highest BCUT2D eigenvalue weighted by atomic mass is 35.5. The molecule has 0 bridgehead atoms. The molecule has 0 unspecified atom stereocenters. The molecule has 2 aromatic carbocycles. The fourth-order valence-corrected chi connectivity index (χ4v) is 3.60. The quantitative estimate of drug-likeness (QED) is 0.709. The van der Waals surface area contributed by atoms with Crippen molar-refractivity contribution < 1.29 is 23.9 Å². The van der Waals surface area contributed by atoms with Crippen molar-refractivity contribution in [2.24, 2.45) is 5.92 Å². The van der Waals surface area contributed by atoms with Gasteiger partial charge in [0.05, 0.1) is 18.7 Å². The molecule has 1 fully saturated rings.